The third-order valence-electron chi connectivity index (χ3n) is 4.70. The number of fused-ring (bicyclic) bond motifs is 1. The molecule has 3 heterocycles. The van der Waals surface area contributed by atoms with Gasteiger partial charge in [-0.3, -0.25) is 9.59 Å². The largest absolute Gasteiger partial charge is 0.466 e. The van der Waals surface area contributed by atoms with Gasteiger partial charge in [0.15, 0.2) is 0 Å². The van der Waals surface area contributed by atoms with E-state index in [9.17, 15) is 9.59 Å². The molecule has 0 bridgehead atoms. The van der Waals surface area contributed by atoms with Crippen molar-refractivity contribution in [2.75, 3.05) is 19.7 Å². The van der Waals surface area contributed by atoms with Crippen LogP contribution in [0.1, 0.15) is 37.2 Å². The van der Waals surface area contributed by atoms with Crippen molar-refractivity contribution in [2.24, 2.45) is 5.92 Å². The standard InChI is InChI=1S/C19H23BrN2O3S/c1-3-5-8-22-14-12-17(20)26-16(14)11-15(22)18(23)21-9-6-13(7-10-21)19(24)25-4-2/h3,5,11-13H,4,6-10H2,1-2H3/b5-3+. The lowest BCUT2D eigenvalue weighted by atomic mass is 9.97. The first-order valence-electron chi connectivity index (χ1n) is 8.90. The first-order valence-corrected chi connectivity index (χ1v) is 10.5. The molecule has 26 heavy (non-hydrogen) atoms. The number of rotatable bonds is 5. The molecule has 0 aliphatic carbocycles. The van der Waals surface area contributed by atoms with Gasteiger partial charge in [0.05, 0.1) is 26.5 Å². The zero-order valence-electron chi connectivity index (χ0n) is 15.0. The molecule has 0 spiro atoms. The fourth-order valence-corrected chi connectivity index (χ4v) is 4.90. The van der Waals surface area contributed by atoms with E-state index in [1.54, 1.807) is 11.3 Å². The molecule has 0 N–H and O–H groups in total. The third kappa shape index (κ3) is 3.88. The third-order valence-corrected chi connectivity index (χ3v) is 6.28. The Balaban J connectivity index is 1.78. The number of aromatic nitrogens is 1. The summed E-state index contributed by atoms with van der Waals surface area (Å²) in [4.78, 5) is 26.8. The quantitative estimate of drug-likeness (QED) is 0.511. The average molecular weight is 439 g/mol. The van der Waals surface area contributed by atoms with Crippen molar-refractivity contribution in [1.82, 2.24) is 9.47 Å². The fourth-order valence-electron chi connectivity index (χ4n) is 3.34. The van der Waals surface area contributed by atoms with Crippen molar-refractivity contribution in [2.45, 2.75) is 33.2 Å². The molecule has 1 amide bonds. The number of hydrogen-bond donors (Lipinski definition) is 0. The van der Waals surface area contributed by atoms with Crippen LogP contribution in [0.5, 0.6) is 0 Å². The van der Waals surface area contributed by atoms with Crippen LogP contribution in [0.25, 0.3) is 10.2 Å². The van der Waals surface area contributed by atoms with Crippen molar-refractivity contribution in [1.29, 1.82) is 0 Å². The van der Waals surface area contributed by atoms with Gasteiger partial charge in [0.1, 0.15) is 5.69 Å². The fraction of sp³-hybridized carbons (Fsp3) is 0.474. The van der Waals surface area contributed by atoms with Gasteiger partial charge in [0, 0.05) is 19.6 Å². The molecule has 0 saturated carbocycles. The van der Waals surface area contributed by atoms with Gasteiger partial charge in [0.2, 0.25) is 0 Å². The summed E-state index contributed by atoms with van der Waals surface area (Å²) in [7, 11) is 0. The lowest BCUT2D eigenvalue weighted by Crippen LogP contribution is -2.41. The minimum atomic E-state index is -0.138. The molecule has 1 aliphatic heterocycles. The smallest absolute Gasteiger partial charge is 0.309 e. The maximum atomic E-state index is 13.1. The van der Waals surface area contributed by atoms with E-state index in [4.69, 9.17) is 4.74 Å². The molecule has 7 heteroatoms. The van der Waals surface area contributed by atoms with E-state index in [1.165, 1.54) is 0 Å². The van der Waals surface area contributed by atoms with Crippen LogP contribution in [0.4, 0.5) is 0 Å². The summed E-state index contributed by atoms with van der Waals surface area (Å²) in [6.07, 6.45) is 5.38. The molecule has 2 aromatic heterocycles. The Morgan fingerprint density at radius 3 is 2.73 bits per heavy atom. The summed E-state index contributed by atoms with van der Waals surface area (Å²) in [5.41, 5.74) is 1.79. The van der Waals surface area contributed by atoms with Gasteiger partial charge in [-0.1, -0.05) is 12.2 Å². The Morgan fingerprint density at radius 2 is 2.08 bits per heavy atom. The molecule has 0 atom stereocenters. The van der Waals surface area contributed by atoms with Crippen molar-refractivity contribution in [3.8, 4) is 0 Å². The van der Waals surface area contributed by atoms with Gasteiger partial charge in [0.25, 0.3) is 5.91 Å². The highest BCUT2D eigenvalue weighted by Crippen LogP contribution is 2.33. The number of hydrogen-bond acceptors (Lipinski definition) is 4. The number of nitrogens with zero attached hydrogens (tertiary/aromatic N) is 2. The van der Waals surface area contributed by atoms with E-state index >= 15 is 0 Å². The SMILES string of the molecule is C/C=C/Cn1c(C(=O)N2CCC(C(=O)OCC)CC2)cc2sc(Br)cc21. The van der Waals surface area contributed by atoms with Gasteiger partial charge in [-0.2, -0.15) is 0 Å². The molecule has 0 aromatic carbocycles. The van der Waals surface area contributed by atoms with Gasteiger partial charge < -0.3 is 14.2 Å². The minimum absolute atomic E-state index is 0.0383. The van der Waals surface area contributed by atoms with Crippen LogP contribution in [-0.4, -0.2) is 41.0 Å². The number of esters is 1. The number of likely N-dealkylation sites (tertiary alicyclic amines) is 1. The Labute approximate surface area is 165 Å². The monoisotopic (exact) mass is 438 g/mol. The maximum absolute atomic E-state index is 13.1. The van der Waals surface area contributed by atoms with Crippen LogP contribution in [-0.2, 0) is 16.1 Å². The summed E-state index contributed by atoms with van der Waals surface area (Å²) in [5.74, 6) is -0.189. The minimum Gasteiger partial charge on any atom is -0.466 e. The number of allylic oxidation sites excluding steroid dienone is 2. The van der Waals surface area contributed by atoms with Crippen LogP contribution in [0, 0.1) is 5.92 Å². The lowest BCUT2D eigenvalue weighted by molar-refractivity contribution is -0.149. The highest BCUT2D eigenvalue weighted by atomic mass is 79.9. The summed E-state index contributed by atoms with van der Waals surface area (Å²) in [6, 6.07) is 4.04. The van der Waals surface area contributed by atoms with Gasteiger partial charge in [-0.05, 0) is 54.8 Å². The van der Waals surface area contributed by atoms with Gasteiger partial charge >= 0.3 is 5.97 Å². The van der Waals surface area contributed by atoms with Crippen molar-refractivity contribution in [3.05, 3.63) is 33.8 Å². The zero-order valence-corrected chi connectivity index (χ0v) is 17.4. The molecular weight excluding hydrogens is 416 g/mol. The van der Waals surface area contributed by atoms with Crippen LogP contribution >= 0.6 is 27.3 Å². The Hall–Kier alpha value is -1.60. The molecule has 3 rings (SSSR count). The predicted octanol–water partition coefficient (Wildman–Crippen LogP) is 4.46. The Bertz CT molecular complexity index is 831. The van der Waals surface area contributed by atoms with E-state index in [-0.39, 0.29) is 17.8 Å². The Morgan fingerprint density at radius 1 is 1.35 bits per heavy atom. The maximum Gasteiger partial charge on any atom is 0.309 e. The lowest BCUT2D eigenvalue weighted by Gasteiger charge is -2.31. The average Bonchev–Trinajstić information content (AvgIpc) is 3.16. The number of piperidine rings is 1. The van der Waals surface area contributed by atoms with Crippen molar-refractivity contribution in [3.63, 3.8) is 0 Å². The van der Waals surface area contributed by atoms with Crippen molar-refractivity contribution < 1.29 is 14.3 Å². The molecule has 2 aromatic rings. The summed E-state index contributed by atoms with van der Waals surface area (Å²) < 4.78 is 9.34. The Kier molecular flexibility index (Phi) is 6.19. The number of carbonyl (C=O) groups excluding carboxylic acids is 2. The zero-order chi connectivity index (χ0) is 18.7. The highest BCUT2D eigenvalue weighted by Gasteiger charge is 2.30. The topological polar surface area (TPSA) is 51.5 Å². The number of thiophene rings is 1. The predicted molar refractivity (Wildman–Crippen MR) is 108 cm³/mol. The summed E-state index contributed by atoms with van der Waals surface area (Å²) in [6.45, 7) is 6.06. The van der Waals surface area contributed by atoms with E-state index < -0.39 is 0 Å². The number of carbonyl (C=O) groups is 2. The number of ether oxygens (including phenoxy) is 1. The molecule has 140 valence electrons. The summed E-state index contributed by atoms with van der Waals surface area (Å²) in [5, 5.41) is 0. The number of amides is 1. The van der Waals surface area contributed by atoms with Gasteiger partial charge in [-0.25, -0.2) is 0 Å². The second-order valence-corrected chi connectivity index (χ2v) is 8.79. The molecule has 5 nitrogen and oxygen atoms in total. The molecule has 0 radical (unpaired) electrons. The molecular formula is C19H23BrN2O3S. The second kappa shape index (κ2) is 8.39. The normalized spacial score (nSPS) is 15.9. The van der Waals surface area contributed by atoms with Crippen LogP contribution in [0.15, 0.2) is 28.1 Å². The van der Waals surface area contributed by atoms with Crippen molar-refractivity contribution >= 4 is 49.4 Å². The molecule has 0 unspecified atom stereocenters. The van der Waals surface area contributed by atoms with Crippen LogP contribution in [0.3, 0.4) is 0 Å². The second-order valence-electron chi connectivity index (χ2n) is 6.33. The first-order chi connectivity index (χ1) is 12.5. The van der Waals surface area contributed by atoms with Crippen LogP contribution in [0.2, 0.25) is 0 Å². The van der Waals surface area contributed by atoms with Gasteiger partial charge in [-0.15, -0.1) is 11.3 Å². The number of halogens is 1. The molecule has 1 saturated heterocycles. The van der Waals surface area contributed by atoms with E-state index in [0.717, 1.165) is 14.0 Å². The van der Waals surface area contributed by atoms with E-state index in [0.29, 0.717) is 44.8 Å². The molecule has 1 aliphatic rings. The molecule has 1 fully saturated rings. The van der Waals surface area contributed by atoms with Crippen LogP contribution < -0.4 is 0 Å². The first kappa shape index (κ1) is 19.2. The highest BCUT2D eigenvalue weighted by molar-refractivity contribution is 9.11. The van der Waals surface area contributed by atoms with E-state index in [2.05, 4.69) is 32.6 Å². The van der Waals surface area contributed by atoms with E-state index in [1.807, 2.05) is 30.9 Å². The summed E-state index contributed by atoms with van der Waals surface area (Å²) >= 11 is 5.16.